The number of hydrogen-bond acceptors (Lipinski definition) is 7. The highest BCUT2D eigenvalue weighted by molar-refractivity contribution is 5.01. The zero-order valence-corrected chi connectivity index (χ0v) is 9.01. The highest BCUT2D eigenvalue weighted by atomic mass is 16.7. The van der Waals surface area contributed by atoms with Crippen molar-refractivity contribution >= 4 is 0 Å². The number of aliphatic hydroxyl groups is 4. The summed E-state index contributed by atoms with van der Waals surface area (Å²) >= 11 is 0. The summed E-state index contributed by atoms with van der Waals surface area (Å²) in [5.41, 5.74) is 0. The molecule has 0 radical (unpaired) electrons. The van der Waals surface area contributed by atoms with Crippen molar-refractivity contribution in [1.29, 1.82) is 5.26 Å². The van der Waals surface area contributed by atoms with Gasteiger partial charge in [-0.1, -0.05) is 0 Å². The summed E-state index contributed by atoms with van der Waals surface area (Å²) < 4.78 is 10.1. The van der Waals surface area contributed by atoms with Crippen molar-refractivity contribution in [1.82, 2.24) is 0 Å². The third-order valence-corrected chi connectivity index (χ3v) is 2.40. The van der Waals surface area contributed by atoms with E-state index in [9.17, 15) is 15.3 Å². The Balaban J connectivity index is 2.54. The monoisotopic (exact) mass is 245 g/mol. The molecule has 0 aromatic rings. The molecule has 0 aromatic heterocycles. The first-order valence-corrected chi connectivity index (χ1v) is 5.08. The predicted molar refractivity (Wildman–Crippen MR) is 54.5 cm³/mol. The van der Waals surface area contributed by atoms with Gasteiger partial charge in [0, 0.05) is 6.08 Å². The molecule has 7 nitrogen and oxygen atoms in total. The normalized spacial score (nSPS) is 38.2. The zero-order valence-electron chi connectivity index (χ0n) is 9.01. The van der Waals surface area contributed by atoms with E-state index in [4.69, 9.17) is 19.8 Å². The summed E-state index contributed by atoms with van der Waals surface area (Å²) in [4.78, 5) is 0. The Morgan fingerprint density at radius 2 is 1.94 bits per heavy atom. The lowest BCUT2D eigenvalue weighted by atomic mass is 9.99. The second kappa shape index (κ2) is 6.66. The molecule has 1 aliphatic rings. The first kappa shape index (κ1) is 14.1. The van der Waals surface area contributed by atoms with E-state index in [2.05, 4.69) is 0 Å². The average Bonchev–Trinajstić information content (AvgIpc) is 2.34. The quantitative estimate of drug-likeness (QED) is 0.418. The lowest BCUT2D eigenvalue weighted by Crippen LogP contribution is -2.59. The van der Waals surface area contributed by atoms with E-state index in [1.54, 1.807) is 6.07 Å². The first-order chi connectivity index (χ1) is 8.11. The van der Waals surface area contributed by atoms with Crippen LogP contribution in [-0.2, 0) is 9.47 Å². The Kier molecular flexibility index (Phi) is 5.50. The smallest absolute Gasteiger partial charge is 0.187 e. The largest absolute Gasteiger partial charge is 0.394 e. The lowest BCUT2D eigenvalue weighted by Gasteiger charge is -2.39. The molecule has 0 spiro atoms. The van der Waals surface area contributed by atoms with Crippen LogP contribution in [0.4, 0.5) is 0 Å². The number of hydrogen-bond donors (Lipinski definition) is 4. The fourth-order valence-corrected chi connectivity index (χ4v) is 1.46. The van der Waals surface area contributed by atoms with E-state index in [1.165, 1.54) is 12.2 Å². The van der Waals surface area contributed by atoms with E-state index in [1.807, 2.05) is 0 Å². The van der Waals surface area contributed by atoms with Crippen molar-refractivity contribution in [3.05, 3.63) is 12.2 Å². The minimum Gasteiger partial charge on any atom is -0.394 e. The molecule has 0 bridgehead atoms. The van der Waals surface area contributed by atoms with E-state index < -0.39 is 37.3 Å². The molecule has 1 rings (SSSR count). The van der Waals surface area contributed by atoms with Gasteiger partial charge in [0.15, 0.2) is 6.29 Å². The Labute approximate surface area is 98.1 Å². The van der Waals surface area contributed by atoms with E-state index in [-0.39, 0.29) is 6.61 Å². The Morgan fingerprint density at radius 3 is 2.53 bits per heavy atom. The standard InChI is InChI=1S/C10H15NO6/c11-3-1-2-4-16-10-9(15)8(14)7(13)6(5-12)17-10/h1-2,6-10,12-15H,4-5H2/t6-,7-,8+,9-,10-/m1/s1. The number of nitriles is 1. The fourth-order valence-electron chi connectivity index (χ4n) is 1.46. The number of rotatable bonds is 4. The molecule has 4 N–H and O–H groups in total. The minimum atomic E-state index is -1.45. The number of ether oxygens (including phenoxy) is 2. The number of allylic oxidation sites excluding steroid dienone is 1. The third-order valence-electron chi connectivity index (χ3n) is 2.40. The van der Waals surface area contributed by atoms with Crippen molar-refractivity contribution in [2.24, 2.45) is 0 Å². The van der Waals surface area contributed by atoms with Gasteiger partial charge in [0.1, 0.15) is 24.4 Å². The van der Waals surface area contributed by atoms with Crippen LogP contribution in [0, 0.1) is 11.3 Å². The topological polar surface area (TPSA) is 123 Å². The molecule has 0 amide bonds. The van der Waals surface area contributed by atoms with Gasteiger partial charge < -0.3 is 29.9 Å². The Bertz CT molecular complexity index is 300. The van der Waals surface area contributed by atoms with Gasteiger partial charge in [-0.3, -0.25) is 0 Å². The Morgan fingerprint density at radius 1 is 1.24 bits per heavy atom. The van der Waals surface area contributed by atoms with Crippen molar-refractivity contribution < 1.29 is 29.9 Å². The molecule has 0 aromatic carbocycles. The van der Waals surface area contributed by atoms with Gasteiger partial charge in [0.2, 0.25) is 0 Å². The summed E-state index contributed by atoms with van der Waals surface area (Å²) in [6, 6.07) is 1.76. The van der Waals surface area contributed by atoms with Crippen molar-refractivity contribution in [3.8, 4) is 6.07 Å². The van der Waals surface area contributed by atoms with Crippen molar-refractivity contribution in [2.45, 2.75) is 30.7 Å². The zero-order chi connectivity index (χ0) is 12.8. The van der Waals surface area contributed by atoms with E-state index in [0.29, 0.717) is 0 Å². The summed E-state index contributed by atoms with van der Waals surface area (Å²) in [5, 5.41) is 45.6. The molecule has 0 aliphatic carbocycles. The predicted octanol–water partition coefficient (Wildman–Crippen LogP) is -2.12. The molecular weight excluding hydrogens is 230 g/mol. The highest BCUT2D eigenvalue weighted by Gasteiger charge is 2.43. The Hall–Kier alpha value is -1.01. The van der Waals surface area contributed by atoms with Crippen LogP contribution in [0.15, 0.2) is 12.2 Å². The molecule has 0 saturated carbocycles. The summed E-state index contributed by atoms with van der Waals surface area (Å²) in [7, 11) is 0. The van der Waals surface area contributed by atoms with Gasteiger partial charge in [0.25, 0.3) is 0 Å². The highest BCUT2D eigenvalue weighted by Crippen LogP contribution is 2.21. The van der Waals surface area contributed by atoms with Gasteiger partial charge in [-0.2, -0.15) is 5.26 Å². The molecule has 17 heavy (non-hydrogen) atoms. The third kappa shape index (κ3) is 3.47. The molecule has 7 heteroatoms. The van der Waals surface area contributed by atoms with Crippen LogP contribution >= 0.6 is 0 Å². The minimum absolute atomic E-state index is 0.0102. The lowest BCUT2D eigenvalue weighted by molar-refractivity contribution is -0.298. The maximum atomic E-state index is 9.55. The van der Waals surface area contributed by atoms with E-state index in [0.717, 1.165) is 0 Å². The van der Waals surface area contributed by atoms with Gasteiger partial charge in [-0.05, 0) is 6.08 Å². The van der Waals surface area contributed by atoms with Crippen molar-refractivity contribution in [3.63, 3.8) is 0 Å². The molecule has 1 saturated heterocycles. The van der Waals surface area contributed by atoms with Gasteiger partial charge in [-0.15, -0.1) is 0 Å². The second-order valence-electron chi connectivity index (χ2n) is 3.56. The molecule has 5 atom stereocenters. The fraction of sp³-hybridized carbons (Fsp3) is 0.700. The SMILES string of the molecule is N#CC=CCO[C@@H]1O[C@H](CO)[C@@H](O)[C@H](O)[C@H]1O. The number of nitrogens with zero attached hydrogens (tertiary/aromatic N) is 1. The molecule has 1 heterocycles. The second-order valence-corrected chi connectivity index (χ2v) is 3.56. The van der Waals surface area contributed by atoms with Crippen LogP contribution < -0.4 is 0 Å². The average molecular weight is 245 g/mol. The van der Waals surface area contributed by atoms with Crippen LogP contribution in [0.1, 0.15) is 0 Å². The van der Waals surface area contributed by atoms with Crippen molar-refractivity contribution in [2.75, 3.05) is 13.2 Å². The maximum Gasteiger partial charge on any atom is 0.187 e. The molecular formula is C10H15NO6. The van der Waals surface area contributed by atoms with Gasteiger partial charge in [-0.25, -0.2) is 0 Å². The molecule has 1 fully saturated rings. The molecule has 0 unspecified atom stereocenters. The van der Waals surface area contributed by atoms with Crippen LogP contribution in [0.5, 0.6) is 0 Å². The number of aliphatic hydroxyl groups excluding tert-OH is 4. The summed E-state index contributed by atoms with van der Waals surface area (Å²) in [6.07, 6.45) is -3.81. The van der Waals surface area contributed by atoms with Gasteiger partial charge in [0.05, 0.1) is 19.3 Å². The first-order valence-electron chi connectivity index (χ1n) is 5.08. The van der Waals surface area contributed by atoms with Crippen LogP contribution in [0.25, 0.3) is 0 Å². The van der Waals surface area contributed by atoms with Gasteiger partial charge >= 0.3 is 0 Å². The van der Waals surface area contributed by atoms with Crippen LogP contribution in [0.3, 0.4) is 0 Å². The summed E-state index contributed by atoms with van der Waals surface area (Å²) in [6.45, 7) is -0.491. The van der Waals surface area contributed by atoms with E-state index >= 15 is 0 Å². The van der Waals surface area contributed by atoms with Crippen LogP contribution in [0.2, 0.25) is 0 Å². The molecule has 96 valence electrons. The molecule has 1 aliphatic heterocycles. The van der Waals surface area contributed by atoms with Crippen LogP contribution in [-0.4, -0.2) is 64.3 Å². The summed E-state index contributed by atoms with van der Waals surface area (Å²) in [5.74, 6) is 0. The maximum absolute atomic E-state index is 9.55.